The summed E-state index contributed by atoms with van der Waals surface area (Å²) < 4.78 is 0. The van der Waals surface area contributed by atoms with Crippen LogP contribution in [0.4, 0.5) is 4.79 Å². The molecule has 1 aromatic heterocycles. The summed E-state index contributed by atoms with van der Waals surface area (Å²) in [6.07, 6.45) is 3.67. The van der Waals surface area contributed by atoms with Gasteiger partial charge in [-0.2, -0.15) is 0 Å². The fraction of sp³-hybridized carbons (Fsp3) is 0.562. The zero-order valence-electron chi connectivity index (χ0n) is 14.0. The van der Waals surface area contributed by atoms with Crippen LogP contribution in [-0.2, 0) is 4.79 Å². The monoisotopic (exact) mass is 306 g/mol. The number of carbonyl (C=O) groups excluding carboxylic acids is 2. The average Bonchev–Trinajstić information content (AvgIpc) is 2.45. The van der Waals surface area contributed by atoms with E-state index in [2.05, 4.69) is 15.6 Å². The van der Waals surface area contributed by atoms with Crippen molar-refractivity contribution >= 4 is 11.9 Å². The summed E-state index contributed by atoms with van der Waals surface area (Å²) in [5.74, 6) is -0.0624. The van der Waals surface area contributed by atoms with Crippen LogP contribution in [0.5, 0.6) is 0 Å². The molecule has 2 atom stereocenters. The van der Waals surface area contributed by atoms with Gasteiger partial charge in [-0.25, -0.2) is 4.79 Å². The van der Waals surface area contributed by atoms with E-state index in [0.29, 0.717) is 0 Å². The van der Waals surface area contributed by atoms with Gasteiger partial charge in [-0.05, 0) is 45.4 Å². The SMILES string of the molecule is CC(C)NC(=O)C[C@@H](C)NC(=O)N(C)[C@@H](C)c1ccncc1. The maximum atomic E-state index is 12.2. The molecule has 0 aliphatic rings. The van der Waals surface area contributed by atoms with Gasteiger partial charge in [-0.3, -0.25) is 9.78 Å². The lowest BCUT2D eigenvalue weighted by molar-refractivity contribution is -0.121. The molecule has 1 aromatic rings. The van der Waals surface area contributed by atoms with Crippen LogP contribution in [0.2, 0.25) is 0 Å². The second-order valence-corrected chi connectivity index (χ2v) is 5.84. The average molecular weight is 306 g/mol. The maximum Gasteiger partial charge on any atom is 0.317 e. The molecule has 2 N–H and O–H groups in total. The zero-order chi connectivity index (χ0) is 16.7. The van der Waals surface area contributed by atoms with E-state index in [4.69, 9.17) is 0 Å². The number of aromatic nitrogens is 1. The molecular weight excluding hydrogens is 280 g/mol. The van der Waals surface area contributed by atoms with Gasteiger partial charge in [-0.15, -0.1) is 0 Å². The summed E-state index contributed by atoms with van der Waals surface area (Å²) in [7, 11) is 1.74. The Labute approximate surface area is 132 Å². The Hall–Kier alpha value is -2.11. The standard InChI is InChI=1S/C16H26N4O2/c1-11(2)18-15(21)10-12(3)19-16(22)20(5)13(4)14-6-8-17-9-7-14/h6-9,11-13H,10H2,1-5H3,(H,18,21)(H,19,22)/t12-,13+/m1/s1. The van der Waals surface area contributed by atoms with E-state index >= 15 is 0 Å². The molecule has 0 aliphatic carbocycles. The van der Waals surface area contributed by atoms with Crippen molar-refractivity contribution in [2.24, 2.45) is 0 Å². The van der Waals surface area contributed by atoms with E-state index in [1.54, 1.807) is 24.3 Å². The maximum absolute atomic E-state index is 12.2. The summed E-state index contributed by atoms with van der Waals surface area (Å²) in [5.41, 5.74) is 1.01. The second kappa shape index (κ2) is 8.36. The van der Waals surface area contributed by atoms with Crippen molar-refractivity contribution in [3.8, 4) is 0 Å². The number of carbonyl (C=O) groups is 2. The number of hydrogen-bond donors (Lipinski definition) is 2. The van der Waals surface area contributed by atoms with Crippen LogP contribution in [0.3, 0.4) is 0 Å². The van der Waals surface area contributed by atoms with E-state index < -0.39 is 0 Å². The molecule has 0 aromatic carbocycles. The minimum absolute atomic E-state index is 0.0624. The highest BCUT2D eigenvalue weighted by molar-refractivity contribution is 5.79. The van der Waals surface area contributed by atoms with Gasteiger partial charge in [0.2, 0.25) is 5.91 Å². The summed E-state index contributed by atoms with van der Waals surface area (Å²) >= 11 is 0. The first kappa shape index (κ1) is 17.9. The van der Waals surface area contributed by atoms with E-state index in [1.807, 2.05) is 39.8 Å². The lowest BCUT2D eigenvalue weighted by atomic mass is 10.1. The van der Waals surface area contributed by atoms with Crippen molar-refractivity contribution in [3.63, 3.8) is 0 Å². The van der Waals surface area contributed by atoms with Gasteiger partial charge in [0.15, 0.2) is 0 Å². The Balaban J connectivity index is 2.51. The van der Waals surface area contributed by atoms with Gasteiger partial charge in [-0.1, -0.05) is 0 Å². The van der Waals surface area contributed by atoms with Gasteiger partial charge in [0.25, 0.3) is 0 Å². The van der Waals surface area contributed by atoms with Crippen LogP contribution in [0.25, 0.3) is 0 Å². The van der Waals surface area contributed by atoms with Crippen molar-refractivity contribution in [1.82, 2.24) is 20.5 Å². The van der Waals surface area contributed by atoms with Crippen LogP contribution in [0.15, 0.2) is 24.5 Å². The molecule has 0 spiro atoms. The zero-order valence-corrected chi connectivity index (χ0v) is 14.0. The molecule has 0 bridgehead atoms. The Bertz CT molecular complexity index is 490. The Morgan fingerprint density at radius 1 is 1.14 bits per heavy atom. The number of amides is 3. The number of nitrogens with one attached hydrogen (secondary N) is 2. The summed E-state index contributed by atoms with van der Waals surface area (Å²) in [5, 5.41) is 5.66. The van der Waals surface area contributed by atoms with Crippen molar-refractivity contribution in [2.45, 2.75) is 52.2 Å². The normalized spacial score (nSPS) is 13.4. The van der Waals surface area contributed by atoms with Crippen molar-refractivity contribution in [3.05, 3.63) is 30.1 Å². The largest absolute Gasteiger partial charge is 0.354 e. The van der Waals surface area contributed by atoms with Crippen molar-refractivity contribution in [2.75, 3.05) is 7.05 Å². The minimum atomic E-state index is -0.224. The Kier molecular flexibility index (Phi) is 6.82. The highest BCUT2D eigenvalue weighted by atomic mass is 16.2. The highest BCUT2D eigenvalue weighted by Gasteiger charge is 2.19. The van der Waals surface area contributed by atoms with Crippen molar-refractivity contribution < 1.29 is 9.59 Å². The number of hydrogen-bond acceptors (Lipinski definition) is 3. The molecule has 1 heterocycles. The molecule has 6 nitrogen and oxygen atoms in total. The third-order valence-corrected chi connectivity index (χ3v) is 3.40. The molecule has 3 amide bonds. The van der Waals surface area contributed by atoms with Gasteiger partial charge in [0.05, 0.1) is 6.04 Å². The lowest BCUT2D eigenvalue weighted by Gasteiger charge is -2.27. The van der Waals surface area contributed by atoms with E-state index in [-0.39, 0.29) is 36.5 Å². The van der Waals surface area contributed by atoms with Gasteiger partial charge < -0.3 is 15.5 Å². The van der Waals surface area contributed by atoms with E-state index in [1.165, 1.54) is 0 Å². The minimum Gasteiger partial charge on any atom is -0.354 e. The van der Waals surface area contributed by atoms with Crippen molar-refractivity contribution in [1.29, 1.82) is 0 Å². The molecule has 0 unspecified atom stereocenters. The highest BCUT2D eigenvalue weighted by Crippen LogP contribution is 2.17. The van der Waals surface area contributed by atoms with Gasteiger partial charge >= 0.3 is 6.03 Å². The Morgan fingerprint density at radius 2 is 1.73 bits per heavy atom. The number of pyridine rings is 1. The van der Waals surface area contributed by atoms with Crippen LogP contribution in [-0.4, -0.2) is 41.0 Å². The quantitative estimate of drug-likeness (QED) is 0.845. The predicted octanol–water partition coefficient (Wildman–Crippen LogP) is 2.09. The van der Waals surface area contributed by atoms with Gasteiger partial charge in [0.1, 0.15) is 0 Å². The first-order chi connectivity index (χ1) is 10.3. The molecule has 0 radical (unpaired) electrons. The first-order valence-electron chi connectivity index (χ1n) is 7.53. The second-order valence-electron chi connectivity index (χ2n) is 5.84. The lowest BCUT2D eigenvalue weighted by Crippen LogP contribution is -2.45. The molecule has 6 heteroatoms. The smallest absolute Gasteiger partial charge is 0.317 e. The van der Waals surface area contributed by atoms with Crippen LogP contribution < -0.4 is 10.6 Å². The van der Waals surface area contributed by atoms with Gasteiger partial charge in [0, 0.05) is 37.9 Å². The third kappa shape index (κ3) is 5.71. The van der Waals surface area contributed by atoms with E-state index in [9.17, 15) is 9.59 Å². The molecule has 0 saturated heterocycles. The molecule has 22 heavy (non-hydrogen) atoms. The molecule has 0 saturated carbocycles. The summed E-state index contributed by atoms with van der Waals surface area (Å²) in [6.45, 7) is 7.59. The fourth-order valence-corrected chi connectivity index (χ4v) is 2.06. The number of urea groups is 1. The van der Waals surface area contributed by atoms with E-state index in [0.717, 1.165) is 5.56 Å². The number of rotatable bonds is 6. The fourth-order valence-electron chi connectivity index (χ4n) is 2.06. The molecular formula is C16H26N4O2. The predicted molar refractivity (Wildman–Crippen MR) is 86.3 cm³/mol. The summed E-state index contributed by atoms with van der Waals surface area (Å²) in [4.78, 5) is 29.5. The first-order valence-corrected chi connectivity index (χ1v) is 7.53. The molecule has 1 rings (SSSR count). The molecule has 122 valence electrons. The number of nitrogens with zero attached hydrogens (tertiary/aromatic N) is 2. The van der Waals surface area contributed by atoms with Crippen LogP contribution in [0.1, 0.15) is 45.7 Å². The molecule has 0 aliphatic heterocycles. The van der Waals surface area contributed by atoms with Crippen LogP contribution >= 0.6 is 0 Å². The third-order valence-electron chi connectivity index (χ3n) is 3.40. The topological polar surface area (TPSA) is 74.3 Å². The summed E-state index contributed by atoms with van der Waals surface area (Å²) in [6, 6.07) is 3.37. The molecule has 0 fully saturated rings. The Morgan fingerprint density at radius 3 is 2.27 bits per heavy atom. The van der Waals surface area contributed by atoms with Crippen LogP contribution in [0, 0.1) is 0 Å².